The van der Waals surface area contributed by atoms with Crippen LogP contribution in [0, 0.1) is 11.3 Å². The van der Waals surface area contributed by atoms with E-state index < -0.39 is 0 Å². The maximum atomic E-state index is 5.97. The summed E-state index contributed by atoms with van der Waals surface area (Å²) in [4.78, 5) is 2.51. The van der Waals surface area contributed by atoms with E-state index in [1.165, 1.54) is 25.7 Å². The quantitative estimate of drug-likeness (QED) is 0.793. The van der Waals surface area contributed by atoms with Gasteiger partial charge in [-0.1, -0.05) is 20.8 Å². The van der Waals surface area contributed by atoms with E-state index in [1.54, 1.807) is 7.11 Å². The lowest BCUT2D eigenvalue weighted by atomic mass is 9.75. The molecule has 1 aliphatic rings. The monoisotopic (exact) mass is 256 g/mol. The van der Waals surface area contributed by atoms with E-state index in [4.69, 9.17) is 10.5 Å². The molecule has 0 aromatic carbocycles. The predicted molar refractivity (Wildman–Crippen MR) is 77.7 cm³/mol. The second-order valence-corrected chi connectivity index (χ2v) is 6.80. The van der Waals surface area contributed by atoms with Crippen LogP contribution in [0.3, 0.4) is 0 Å². The van der Waals surface area contributed by atoms with Crippen LogP contribution in [0.25, 0.3) is 0 Å². The molecular weight excluding hydrogens is 224 g/mol. The second-order valence-electron chi connectivity index (χ2n) is 6.80. The Balaban J connectivity index is 2.54. The molecule has 0 aliphatic heterocycles. The Morgan fingerprint density at radius 1 is 1.33 bits per heavy atom. The summed E-state index contributed by atoms with van der Waals surface area (Å²) >= 11 is 0. The van der Waals surface area contributed by atoms with Crippen molar-refractivity contribution in [2.24, 2.45) is 17.1 Å². The Labute approximate surface area is 113 Å². The van der Waals surface area contributed by atoms with Crippen LogP contribution in [-0.2, 0) is 4.74 Å². The van der Waals surface area contributed by atoms with Crippen molar-refractivity contribution < 1.29 is 4.74 Å². The summed E-state index contributed by atoms with van der Waals surface area (Å²) in [5.41, 5.74) is 6.50. The molecule has 0 bridgehead atoms. The molecule has 18 heavy (non-hydrogen) atoms. The van der Waals surface area contributed by atoms with E-state index in [-0.39, 0.29) is 0 Å². The Morgan fingerprint density at radius 3 is 2.33 bits per heavy atom. The number of likely N-dealkylation sites (N-methyl/N-ethyl adjacent to an activating group) is 1. The van der Waals surface area contributed by atoms with Gasteiger partial charge in [0.2, 0.25) is 0 Å². The predicted octanol–water partition coefficient (Wildman–Crippen LogP) is 2.50. The highest BCUT2D eigenvalue weighted by atomic mass is 16.5. The first-order chi connectivity index (χ1) is 8.41. The van der Waals surface area contributed by atoms with Crippen molar-refractivity contribution in [2.45, 2.75) is 58.5 Å². The average molecular weight is 256 g/mol. The lowest BCUT2D eigenvalue weighted by Crippen LogP contribution is -2.50. The molecule has 0 aromatic rings. The highest BCUT2D eigenvalue weighted by molar-refractivity contribution is 4.87. The van der Waals surface area contributed by atoms with Gasteiger partial charge in [0.15, 0.2) is 0 Å². The fraction of sp³-hybridized carbons (Fsp3) is 1.00. The van der Waals surface area contributed by atoms with Gasteiger partial charge in [0.25, 0.3) is 0 Å². The molecule has 3 nitrogen and oxygen atoms in total. The van der Waals surface area contributed by atoms with Crippen molar-refractivity contribution in [3.63, 3.8) is 0 Å². The molecule has 1 saturated carbocycles. The first kappa shape index (κ1) is 15.9. The normalized spacial score (nSPS) is 24.2. The summed E-state index contributed by atoms with van der Waals surface area (Å²) in [5, 5.41) is 0. The summed E-state index contributed by atoms with van der Waals surface area (Å²) in [5.74, 6) is 0.500. The molecule has 108 valence electrons. The second kappa shape index (κ2) is 6.88. The third-order valence-electron chi connectivity index (χ3n) is 4.74. The van der Waals surface area contributed by atoms with Crippen LogP contribution < -0.4 is 5.73 Å². The molecule has 0 amide bonds. The van der Waals surface area contributed by atoms with Gasteiger partial charge in [-0.2, -0.15) is 0 Å². The van der Waals surface area contributed by atoms with E-state index in [0.717, 1.165) is 13.2 Å². The first-order valence-corrected chi connectivity index (χ1v) is 7.32. The summed E-state index contributed by atoms with van der Waals surface area (Å²) in [7, 11) is 4.01. The summed E-state index contributed by atoms with van der Waals surface area (Å²) < 4.78 is 5.27. The summed E-state index contributed by atoms with van der Waals surface area (Å²) in [6.45, 7) is 8.53. The number of nitrogens with zero attached hydrogens (tertiary/aromatic N) is 1. The van der Waals surface area contributed by atoms with Crippen molar-refractivity contribution in [1.82, 2.24) is 4.90 Å². The lowest BCUT2D eigenvalue weighted by Gasteiger charge is -2.43. The Morgan fingerprint density at radius 2 is 1.89 bits per heavy atom. The molecule has 0 heterocycles. The van der Waals surface area contributed by atoms with Gasteiger partial charge in [0.05, 0.1) is 6.61 Å². The van der Waals surface area contributed by atoms with Crippen LogP contribution in [0.15, 0.2) is 0 Å². The maximum absolute atomic E-state index is 5.97. The standard InChI is InChI=1S/C15H32N2O/c1-12(11-18-5)14(10-16)17(4)13-6-8-15(2,3)9-7-13/h12-14H,6-11,16H2,1-5H3. The van der Waals surface area contributed by atoms with Crippen molar-refractivity contribution >= 4 is 0 Å². The molecule has 0 radical (unpaired) electrons. The molecule has 0 saturated heterocycles. The van der Waals surface area contributed by atoms with Gasteiger partial charge < -0.3 is 10.5 Å². The van der Waals surface area contributed by atoms with E-state index in [1.807, 2.05) is 0 Å². The van der Waals surface area contributed by atoms with Gasteiger partial charge in [-0.05, 0) is 44.1 Å². The molecule has 0 spiro atoms. The van der Waals surface area contributed by atoms with Crippen molar-refractivity contribution in [1.29, 1.82) is 0 Å². The van der Waals surface area contributed by atoms with E-state index in [9.17, 15) is 0 Å². The minimum atomic E-state index is 0.441. The number of nitrogens with two attached hydrogens (primary N) is 1. The number of hydrogen-bond donors (Lipinski definition) is 1. The number of rotatable bonds is 6. The molecule has 1 aliphatic carbocycles. The molecule has 2 unspecified atom stereocenters. The zero-order chi connectivity index (χ0) is 13.8. The zero-order valence-electron chi connectivity index (χ0n) is 12.9. The van der Waals surface area contributed by atoms with Gasteiger partial charge >= 0.3 is 0 Å². The topological polar surface area (TPSA) is 38.5 Å². The molecule has 2 N–H and O–H groups in total. The Hall–Kier alpha value is -0.120. The fourth-order valence-electron chi connectivity index (χ4n) is 3.24. The van der Waals surface area contributed by atoms with Crippen molar-refractivity contribution in [3.05, 3.63) is 0 Å². The average Bonchev–Trinajstić information content (AvgIpc) is 2.30. The largest absolute Gasteiger partial charge is 0.384 e. The molecule has 0 aromatic heterocycles. The molecule has 1 rings (SSSR count). The number of methoxy groups -OCH3 is 1. The smallest absolute Gasteiger partial charge is 0.0503 e. The molecule has 3 heteroatoms. The molecule has 1 fully saturated rings. The minimum absolute atomic E-state index is 0.441. The lowest BCUT2D eigenvalue weighted by molar-refractivity contribution is 0.0484. The Kier molecular flexibility index (Phi) is 6.09. The third-order valence-corrected chi connectivity index (χ3v) is 4.74. The molecule has 2 atom stereocenters. The van der Waals surface area contributed by atoms with Crippen LogP contribution >= 0.6 is 0 Å². The Bertz CT molecular complexity index is 233. The summed E-state index contributed by atoms with van der Waals surface area (Å²) in [6.07, 6.45) is 5.27. The van der Waals surface area contributed by atoms with E-state index in [2.05, 4.69) is 32.7 Å². The molecular formula is C15H32N2O. The van der Waals surface area contributed by atoms with Crippen LogP contribution in [0.1, 0.15) is 46.5 Å². The first-order valence-electron chi connectivity index (χ1n) is 7.32. The van der Waals surface area contributed by atoms with Gasteiger partial charge in [0, 0.05) is 25.7 Å². The van der Waals surface area contributed by atoms with Gasteiger partial charge in [-0.25, -0.2) is 0 Å². The fourth-order valence-corrected chi connectivity index (χ4v) is 3.24. The van der Waals surface area contributed by atoms with E-state index in [0.29, 0.717) is 23.4 Å². The van der Waals surface area contributed by atoms with Crippen LogP contribution in [0.4, 0.5) is 0 Å². The number of hydrogen-bond acceptors (Lipinski definition) is 3. The SMILES string of the molecule is COCC(C)C(CN)N(C)C1CCC(C)(C)CC1. The third kappa shape index (κ3) is 4.22. The minimum Gasteiger partial charge on any atom is -0.384 e. The maximum Gasteiger partial charge on any atom is 0.0503 e. The highest BCUT2D eigenvalue weighted by Crippen LogP contribution is 2.37. The van der Waals surface area contributed by atoms with Crippen molar-refractivity contribution in [3.8, 4) is 0 Å². The zero-order valence-corrected chi connectivity index (χ0v) is 12.9. The van der Waals surface area contributed by atoms with Gasteiger partial charge in [-0.15, -0.1) is 0 Å². The van der Waals surface area contributed by atoms with Gasteiger partial charge in [0.1, 0.15) is 0 Å². The van der Waals surface area contributed by atoms with E-state index >= 15 is 0 Å². The number of ether oxygens (including phenoxy) is 1. The van der Waals surface area contributed by atoms with Crippen LogP contribution in [0.2, 0.25) is 0 Å². The van der Waals surface area contributed by atoms with Crippen LogP contribution in [-0.4, -0.2) is 44.3 Å². The van der Waals surface area contributed by atoms with Gasteiger partial charge in [-0.3, -0.25) is 4.90 Å². The highest BCUT2D eigenvalue weighted by Gasteiger charge is 2.32. The van der Waals surface area contributed by atoms with Crippen LogP contribution in [0.5, 0.6) is 0 Å². The summed E-state index contributed by atoms with van der Waals surface area (Å²) in [6, 6.07) is 1.14. The van der Waals surface area contributed by atoms with Crippen molar-refractivity contribution in [2.75, 3.05) is 27.3 Å².